The first kappa shape index (κ1) is 36.8. The first-order valence-corrected chi connectivity index (χ1v) is 19.2. The van der Waals surface area contributed by atoms with Crippen LogP contribution in [0, 0.1) is 0 Å². The molecule has 8 bridgehead atoms. The number of hydrogen-bond donors (Lipinski definition) is 0. The topological polar surface area (TPSA) is 72.6 Å². The summed E-state index contributed by atoms with van der Waals surface area (Å²) in [5.41, 5.74) is 10.8. The van der Waals surface area contributed by atoms with E-state index in [-0.39, 0.29) is 24.4 Å². The fourth-order valence-corrected chi connectivity index (χ4v) is 7.32. The summed E-state index contributed by atoms with van der Waals surface area (Å²) in [5, 5.41) is 0. The maximum atomic E-state index is 6.78. The number of aromatic nitrogens is 4. The molecule has 0 N–H and O–H groups in total. The van der Waals surface area contributed by atoms with E-state index in [0.29, 0.717) is 25.7 Å². The molecule has 0 radical (unpaired) electrons. The predicted octanol–water partition coefficient (Wildman–Crippen LogP) is 9.88. The average Bonchev–Trinajstić information content (AvgIpc) is 3.85. The van der Waals surface area contributed by atoms with E-state index >= 15 is 0 Å². The molecular formula is C46H52N4O4. The summed E-state index contributed by atoms with van der Waals surface area (Å²) in [5.74, 6) is 3.58. The number of benzene rings is 4. The van der Waals surface area contributed by atoms with Crippen molar-refractivity contribution in [1.29, 1.82) is 0 Å². The second kappa shape index (κ2) is 15.8. The van der Waals surface area contributed by atoms with Crippen molar-refractivity contribution < 1.29 is 18.9 Å². The van der Waals surface area contributed by atoms with Crippen molar-refractivity contribution >= 4 is 0 Å². The van der Waals surface area contributed by atoms with Crippen LogP contribution in [-0.2, 0) is 25.7 Å². The second-order valence-corrected chi connectivity index (χ2v) is 15.3. The van der Waals surface area contributed by atoms with E-state index in [4.69, 9.17) is 18.9 Å². The van der Waals surface area contributed by atoms with Gasteiger partial charge in [0.25, 0.3) is 0 Å². The molecule has 0 saturated heterocycles. The molecule has 7 rings (SSSR count). The number of imidazole rings is 2. The van der Waals surface area contributed by atoms with Crippen LogP contribution in [0.5, 0.6) is 23.0 Å². The Balaban J connectivity index is 1.54. The fraction of sp³-hybridized carbons (Fsp3) is 0.348. The lowest BCUT2D eigenvalue weighted by atomic mass is 9.90. The third-order valence-corrected chi connectivity index (χ3v) is 9.35. The maximum absolute atomic E-state index is 6.78. The zero-order chi connectivity index (χ0) is 37.9. The first-order valence-electron chi connectivity index (χ1n) is 19.2. The minimum atomic E-state index is -0.0308. The molecule has 0 atom stereocenters. The third kappa shape index (κ3) is 8.18. The molecule has 1 aliphatic rings. The number of hydrogen-bond acceptors (Lipinski definition) is 6. The van der Waals surface area contributed by atoms with Gasteiger partial charge in [-0.05, 0) is 102 Å². The highest BCUT2D eigenvalue weighted by Gasteiger charge is 2.25. The van der Waals surface area contributed by atoms with E-state index < -0.39 is 0 Å². The maximum Gasteiger partial charge on any atom is 0.126 e. The van der Waals surface area contributed by atoms with Crippen molar-refractivity contribution in [2.45, 2.75) is 105 Å². The van der Waals surface area contributed by atoms with Crippen LogP contribution in [0.3, 0.4) is 0 Å². The first-order chi connectivity index (χ1) is 26.0. The summed E-state index contributed by atoms with van der Waals surface area (Å²) in [7, 11) is 0. The second-order valence-electron chi connectivity index (χ2n) is 15.3. The van der Waals surface area contributed by atoms with Crippen molar-refractivity contribution in [1.82, 2.24) is 19.1 Å². The van der Waals surface area contributed by atoms with Gasteiger partial charge >= 0.3 is 0 Å². The van der Waals surface area contributed by atoms with E-state index in [2.05, 4.69) is 135 Å². The van der Waals surface area contributed by atoms with Crippen molar-refractivity contribution in [3.8, 4) is 34.4 Å². The quantitative estimate of drug-likeness (QED) is 0.140. The summed E-state index contributed by atoms with van der Waals surface area (Å²) in [6, 6.07) is 22.0. The number of rotatable bonds is 10. The van der Waals surface area contributed by atoms with Crippen LogP contribution in [-0.4, -0.2) is 43.5 Å². The molecule has 0 unspecified atom stereocenters. The number of ether oxygens (including phenoxy) is 4. The van der Waals surface area contributed by atoms with E-state index in [1.807, 2.05) is 37.4 Å². The van der Waals surface area contributed by atoms with Gasteiger partial charge in [0.1, 0.15) is 23.0 Å². The Bertz CT molecular complexity index is 1950. The van der Waals surface area contributed by atoms with Crippen molar-refractivity contribution in [2.24, 2.45) is 0 Å². The van der Waals surface area contributed by atoms with Gasteiger partial charge < -0.3 is 28.1 Å². The third-order valence-electron chi connectivity index (χ3n) is 9.35. The Labute approximate surface area is 319 Å². The molecule has 1 aliphatic carbocycles. The standard InChI is InChI=1S/C46H52N4O4/c1-29(2)51-43-33-11-9-12-34(43)20-38-24-42(50-18-16-48-28-50)26-40(46(38)54-32(7)8)22-36-14-10-13-35(44(36)52-30(3)4)21-39-25-41(49-17-15-47-27-49)23-37(19-33)45(39)53-31(5)6/h9-18,23-32H,19-22H2,1-8H3. The summed E-state index contributed by atoms with van der Waals surface area (Å²) in [4.78, 5) is 8.77. The van der Waals surface area contributed by atoms with Crippen LogP contribution in [0.2, 0.25) is 0 Å². The highest BCUT2D eigenvalue weighted by Crippen LogP contribution is 2.41. The largest absolute Gasteiger partial charge is 0.490 e. The Morgan fingerprint density at radius 1 is 0.426 bits per heavy atom. The molecule has 4 aromatic carbocycles. The highest BCUT2D eigenvalue weighted by atomic mass is 16.5. The van der Waals surface area contributed by atoms with Crippen LogP contribution in [0.15, 0.2) is 98.1 Å². The molecule has 0 aliphatic heterocycles. The van der Waals surface area contributed by atoms with E-state index in [0.717, 1.165) is 78.9 Å². The molecule has 0 spiro atoms. The van der Waals surface area contributed by atoms with Gasteiger partial charge in [0.15, 0.2) is 0 Å². The molecule has 6 aromatic rings. The molecular weight excluding hydrogens is 673 g/mol. The van der Waals surface area contributed by atoms with Gasteiger partial charge in [-0.1, -0.05) is 36.4 Å². The fourth-order valence-electron chi connectivity index (χ4n) is 7.32. The lowest BCUT2D eigenvalue weighted by molar-refractivity contribution is 0.233. The van der Waals surface area contributed by atoms with Gasteiger partial charge in [0, 0.05) is 84.1 Å². The zero-order valence-electron chi connectivity index (χ0n) is 32.8. The molecule has 2 heterocycles. The van der Waals surface area contributed by atoms with Crippen LogP contribution in [0.1, 0.15) is 99.9 Å². The Morgan fingerprint density at radius 3 is 0.944 bits per heavy atom. The molecule has 0 saturated carbocycles. The zero-order valence-corrected chi connectivity index (χ0v) is 32.8. The molecule has 8 nitrogen and oxygen atoms in total. The van der Waals surface area contributed by atoms with E-state index in [1.54, 1.807) is 0 Å². The summed E-state index contributed by atoms with van der Waals surface area (Å²) in [6.45, 7) is 16.7. The van der Waals surface area contributed by atoms with Crippen LogP contribution in [0.4, 0.5) is 0 Å². The number of nitrogens with zero attached hydrogens (tertiary/aromatic N) is 4. The van der Waals surface area contributed by atoms with Crippen molar-refractivity contribution in [3.63, 3.8) is 0 Å². The number of para-hydroxylation sites is 2. The van der Waals surface area contributed by atoms with Gasteiger partial charge in [0.2, 0.25) is 0 Å². The molecule has 0 fully saturated rings. The Hall–Kier alpha value is -5.50. The Morgan fingerprint density at radius 2 is 0.704 bits per heavy atom. The van der Waals surface area contributed by atoms with Crippen molar-refractivity contribution in [2.75, 3.05) is 0 Å². The highest BCUT2D eigenvalue weighted by molar-refractivity contribution is 5.60. The SMILES string of the molecule is CC(C)Oc1c2cccc1Cc1cc(-n3ccnc3)cc(c1OC(C)C)Cc1cccc(c1OC(C)C)Cc1cc(-n3ccnc3)cc(c1OC(C)C)C2. The number of fused-ring (bicyclic) bond motifs is 8. The lowest BCUT2D eigenvalue weighted by Gasteiger charge is -2.25. The lowest BCUT2D eigenvalue weighted by Crippen LogP contribution is -2.15. The van der Waals surface area contributed by atoms with Gasteiger partial charge in [-0.25, -0.2) is 9.97 Å². The van der Waals surface area contributed by atoms with Gasteiger partial charge in [-0.3, -0.25) is 0 Å². The van der Waals surface area contributed by atoms with E-state index in [9.17, 15) is 0 Å². The van der Waals surface area contributed by atoms with Gasteiger partial charge in [-0.2, -0.15) is 0 Å². The van der Waals surface area contributed by atoms with Crippen LogP contribution >= 0.6 is 0 Å². The Kier molecular flexibility index (Phi) is 10.8. The monoisotopic (exact) mass is 724 g/mol. The minimum Gasteiger partial charge on any atom is -0.490 e. The van der Waals surface area contributed by atoms with Crippen molar-refractivity contribution in [3.05, 3.63) is 143 Å². The average molecular weight is 725 g/mol. The van der Waals surface area contributed by atoms with Crippen LogP contribution < -0.4 is 18.9 Å². The van der Waals surface area contributed by atoms with E-state index in [1.165, 1.54) is 0 Å². The summed E-state index contributed by atoms with van der Waals surface area (Å²) >= 11 is 0. The summed E-state index contributed by atoms with van der Waals surface area (Å²) in [6.07, 6.45) is 13.6. The van der Waals surface area contributed by atoms with Gasteiger partial charge in [0.05, 0.1) is 37.1 Å². The van der Waals surface area contributed by atoms with Crippen LogP contribution in [0.25, 0.3) is 11.4 Å². The van der Waals surface area contributed by atoms with Gasteiger partial charge in [-0.15, -0.1) is 0 Å². The summed E-state index contributed by atoms with van der Waals surface area (Å²) < 4.78 is 31.2. The minimum absolute atomic E-state index is 0.0293. The molecule has 54 heavy (non-hydrogen) atoms. The molecule has 8 heteroatoms. The predicted molar refractivity (Wildman–Crippen MR) is 214 cm³/mol. The molecule has 2 aromatic heterocycles. The smallest absolute Gasteiger partial charge is 0.126 e. The molecule has 0 amide bonds. The normalized spacial score (nSPS) is 12.8. The molecule has 280 valence electrons.